The van der Waals surface area contributed by atoms with Crippen LogP contribution < -0.4 is 0 Å². The first-order chi connectivity index (χ1) is 9.45. The summed E-state index contributed by atoms with van der Waals surface area (Å²) in [5.41, 5.74) is 0.447. The predicted octanol–water partition coefficient (Wildman–Crippen LogP) is 4.37. The second-order valence-corrected chi connectivity index (χ2v) is 5.83. The normalized spacial score (nSPS) is 18.4. The average molecular weight is 285 g/mol. The first-order valence-corrected chi connectivity index (χ1v) is 7.30. The van der Waals surface area contributed by atoms with Gasteiger partial charge in [-0.05, 0) is 69.4 Å². The van der Waals surface area contributed by atoms with Crippen LogP contribution in [0.4, 0.5) is 13.2 Å². The Bertz CT molecular complexity index is 403. The van der Waals surface area contributed by atoms with E-state index < -0.39 is 11.7 Å². The van der Waals surface area contributed by atoms with Gasteiger partial charge in [-0.25, -0.2) is 0 Å². The Labute approximate surface area is 118 Å². The molecule has 0 atom stereocenters. The minimum atomic E-state index is -4.23. The zero-order chi connectivity index (χ0) is 14.6. The third-order valence-corrected chi connectivity index (χ3v) is 4.20. The van der Waals surface area contributed by atoms with E-state index in [0.717, 1.165) is 24.3 Å². The summed E-state index contributed by atoms with van der Waals surface area (Å²) in [5.74, 6) is 0.792. The third-order valence-electron chi connectivity index (χ3n) is 4.20. The van der Waals surface area contributed by atoms with Crippen LogP contribution in [0.3, 0.4) is 0 Å². The number of piperidine rings is 1. The lowest BCUT2D eigenvalue weighted by Crippen LogP contribution is -2.30. The van der Waals surface area contributed by atoms with Crippen molar-refractivity contribution in [1.82, 2.24) is 4.90 Å². The number of alkyl halides is 3. The largest absolute Gasteiger partial charge is 0.416 e. The Kier molecular flexibility index (Phi) is 5.08. The molecule has 112 valence electrons. The molecule has 4 heteroatoms. The molecule has 1 aliphatic heterocycles. The van der Waals surface area contributed by atoms with Crippen molar-refractivity contribution in [1.29, 1.82) is 0 Å². The maximum absolute atomic E-state index is 12.4. The van der Waals surface area contributed by atoms with Gasteiger partial charge in [-0.2, -0.15) is 13.2 Å². The highest BCUT2D eigenvalue weighted by atomic mass is 19.4. The molecule has 1 nitrogen and oxygen atoms in total. The van der Waals surface area contributed by atoms with E-state index in [0.29, 0.717) is 0 Å². The predicted molar refractivity (Wildman–Crippen MR) is 74.6 cm³/mol. The second-order valence-electron chi connectivity index (χ2n) is 5.83. The lowest BCUT2D eigenvalue weighted by Gasteiger charge is -2.28. The molecule has 20 heavy (non-hydrogen) atoms. The first kappa shape index (κ1) is 15.4. The highest BCUT2D eigenvalue weighted by Gasteiger charge is 2.29. The average Bonchev–Trinajstić information content (AvgIpc) is 2.41. The van der Waals surface area contributed by atoms with Crippen LogP contribution in [-0.2, 0) is 12.6 Å². The van der Waals surface area contributed by atoms with E-state index in [1.165, 1.54) is 44.5 Å². The van der Waals surface area contributed by atoms with Gasteiger partial charge in [0.2, 0.25) is 0 Å². The fraction of sp³-hybridized carbons (Fsp3) is 0.625. The van der Waals surface area contributed by atoms with Gasteiger partial charge in [-0.1, -0.05) is 18.6 Å². The Morgan fingerprint density at radius 2 is 1.70 bits per heavy atom. The summed E-state index contributed by atoms with van der Waals surface area (Å²) in [6.45, 7) is 2.34. The molecule has 0 aliphatic carbocycles. The standard InChI is InChI=1S/C16H22F3N/c1-20-11-9-14(10-12-20)4-2-3-13-5-7-15(8-6-13)16(17,18)19/h5-8,14H,2-4,9-12H2,1H3. The molecule has 0 amide bonds. The molecule has 0 saturated carbocycles. The molecule has 0 unspecified atom stereocenters. The molecule has 2 rings (SSSR count). The van der Waals surface area contributed by atoms with Gasteiger partial charge in [-0.3, -0.25) is 0 Å². The molecule has 0 aromatic heterocycles. The molecule has 1 aromatic rings. The number of halogens is 3. The molecule has 1 aromatic carbocycles. The van der Waals surface area contributed by atoms with Gasteiger partial charge in [0.25, 0.3) is 0 Å². The minimum absolute atomic E-state index is 0.559. The second kappa shape index (κ2) is 6.61. The van der Waals surface area contributed by atoms with Gasteiger partial charge in [0.1, 0.15) is 0 Å². The minimum Gasteiger partial charge on any atom is -0.306 e. The van der Waals surface area contributed by atoms with Crippen LogP contribution in [0.15, 0.2) is 24.3 Å². The summed E-state index contributed by atoms with van der Waals surface area (Å²) < 4.78 is 37.3. The van der Waals surface area contributed by atoms with Gasteiger partial charge in [-0.15, -0.1) is 0 Å². The number of hydrogen-bond donors (Lipinski definition) is 0. The number of likely N-dealkylation sites (tertiary alicyclic amines) is 1. The molecule has 0 radical (unpaired) electrons. The molecule has 1 heterocycles. The van der Waals surface area contributed by atoms with Gasteiger partial charge < -0.3 is 4.90 Å². The Morgan fingerprint density at radius 3 is 2.25 bits per heavy atom. The van der Waals surface area contributed by atoms with E-state index in [-0.39, 0.29) is 0 Å². The fourth-order valence-electron chi connectivity index (χ4n) is 2.81. The van der Waals surface area contributed by atoms with Crippen LogP contribution >= 0.6 is 0 Å². The van der Waals surface area contributed by atoms with Crippen LogP contribution in [0.2, 0.25) is 0 Å². The van der Waals surface area contributed by atoms with Crippen LogP contribution in [-0.4, -0.2) is 25.0 Å². The highest BCUT2D eigenvalue weighted by molar-refractivity contribution is 5.24. The molecular formula is C16H22F3N. The van der Waals surface area contributed by atoms with Gasteiger partial charge in [0, 0.05) is 0 Å². The van der Waals surface area contributed by atoms with Crippen molar-refractivity contribution in [3.63, 3.8) is 0 Å². The van der Waals surface area contributed by atoms with Crippen LogP contribution in [0.25, 0.3) is 0 Å². The summed E-state index contributed by atoms with van der Waals surface area (Å²) in [5, 5.41) is 0. The maximum atomic E-state index is 12.4. The van der Waals surface area contributed by atoms with Crippen LogP contribution in [0, 0.1) is 5.92 Å². The third kappa shape index (κ3) is 4.51. The van der Waals surface area contributed by atoms with E-state index in [2.05, 4.69) is 11.9 Å². The van der Waals surface area contributed by atoms with Crippen molar-refractivity contribution in [2.24, 2.45) is 5.92 Å². The monoisotopic (exact) mass is 285 g/mol. The molecule has 1 fully saturated rings. The Morgan fingerprint density at radius 1 is 1.10 bits per heavy atom. The topological polar surface area (TPSA) is 3.24 Å². The van der Waals surface area contributed by atoms with Crippen molar-refractivity contribution in [3.05, 3.63) is 35.4 Å². The van der Waals surface area contributed by atoms with Crippen molar-refractivity contribution in [2.75, 3.05) is 20.1 Å². The summed E-state index contributed by atoms with van der Waals surface area (Å²) in [6.07, 6.45) is 1.42. The number of hydrogen-bond acceptors (Lipinski definition) is 1. The first-order valence-electron chi connectivity index (χ1n) is 7.30. The van der Waals surface area contributed by atoms with Gasteiger partial charge >= 0.3 is 6.18 Å². The van der Waals surface area contributed by atoms with Crippen molar-refractivity contribution < 1.29 is 13.2 Å². The Balaban J connectivity index is 1.74. The number of aryl methyl sites for hydroxylation is 1. The van der Waals surface area contributed by atoms with Crippen molar-refractivity contribution in [2.45, 2.75) is 38.3 Å². The molecule has 0 spiro atoms. The zero-order valence-electron chi connectivity index (χ0n) is 11.9. The molecule has 0 N–H and O–H groups in total. The van der Waals surface area contributed by atoms with Crippen LogP contribution in [0.5, 0.6) is 0 Å². The van der Waals surface area contributed by atoms with Crippen molar-refractivity contribution in [3.8, 4) is 0 Å². The quantitative estimate of drug-likeness (QED) is 0.794. The zero-order valence-corrected chi connectivity index (χ0v) is 11.9. The number of nitrogens with zero attached hydrogens (tertiary/aromatic N) is 1. The summed E-state index contributed by atoms with van der Waals surface area (Å²) in [7, 11) is 2.15. The van der Waals surface area contributed by atoms with E-state index in [9.17, 15) is 13.2 Å². The number of rotatable bonds is 4. The molecule has 1 aliphatic rings. The van der Waals surface area contributed by atoms with E-state index in [4.69, 9.17) is 0 Å². The van der Waals surface area contributed by atoms with Crippen molar-refractivity contribution >= 4 is 0 Å². The van der Waals surface area contributed by atoms with E-state index in [1.807, 2.05) is 0 Å². The summed E-state index contributed by atoms with van der Waals surface area (Å²) >= 11 is 0. The van der Waals surface area contributed by atoms with Crippen LogP contribution in [0.1, 0.15) is 36.8 Å². The number of benzene rings is 1. The molecule has 0 bridgehead atoms. The van der Waals surface area contributed by atoms with Gasteiger partial charge in [0.15, 0.2) is 0 Å². The molecular weight excluding hydrogens is 263 g/mol. The van der Waals surface area contributed by atoms with Gasteiger partial charge in [0.05, 0.1) is 5.56 Å². The summed E-state index contributed by atoms with van der Waals surface area (Å²) in [6, 6.07) is 5.59. The molecule has 1 saturated heterocycles. The summed E-state index contributed by atoms with van der Waals surface area (Å²) in [4.78, 5) is 2.35. The maximum Gasteiger partial charge on any atom is 0.416 e. The van der Waals surface area contributed by atoms with E-state index in [1.54, 1.807) is 12.1 Å². The van der Waals surface area contributed by atoms with E-state index >= 15 is 0 Å². The highest BCUT2D eigenvalue weighted by Crippen LogP contribution is 2.29. The SMILES string of the molecule is CN1CCC(CCCc2ccc(C(F)(F)F)cc2)CC1. The lowest BCUT2D eigenvalue weighted by atomic mass is 9.91. The smallest absolute Gasteiger partial charge is 0.306 e. The lowest BCUT2D eigenvalue weighted by molar-refractivity contribution is -0.137. The Hall–Kier alpha value is -1.03. The fourth-order valence-corrected chi connectivity index (χ4v) is 2.81.